The number of nitrogens with zero attached hydrogens (tertiary/aromatic N) is 2. The summed E-state index contributed by atoms with van der Waals surface area (Å²) in [6, 6.07) is 9.46. The molecule has 1 aromatic rings. The van der Waals surface area contributed by atoms with Gasteiger partial charge in [-0.3, -0.25) is 4.90 Å². The summed E-state index contributed by atoms with van der Waals surface area (Å²) in [7, 11) is 2.02. The second kappa shape index (κ2) is 6.21. The molecule has 0 aliphatic carbocycles. The first-order valence-corrected chi connectivity index (χ1v) is 6.91. The highest BCUT2D eigenvalue weighted by molar-refractivity contribution is 5.49. The lowest BCUT2D eigenvalue weighted by atomic mass is 10.1. The largest absolute Gasteiger partial charge is 0.369 e. The minimum absolute atomic E-state index is 0.632. The summed E-state index contributed by atoms with van der Waals surface area (Å²) in [6.07, 6.45) is 0. The maximum Gasteiger partial charge on any atom is 0.0369 e. The first kappa shape index (κ1) is 13.4. The molecule has 3 nitrogen and oxygen atoms in total. The summed E-state index contributed by atoms with van der Waals surface area (Å²) in [5.74, 6) is 0. The van der Waals surface area contributed by atoms with E-state index >= 15 is 0 Å². The smallest absolute Gasteiger partial charge is 0.0369 e. The first-order valence-electron chi connectivity index (χ1n) is 6.91. The van der Waals surface area contributed by atoms with Gasteiger partial charge in [0.2, 0.25) is 0 Å². The third-order valence-electron chi connectivity index (χ3n) is 3.78. The van der Waals surface area contributed by atoms with Gasteiger partial charge < -0.3 is 10.2 Å². The zero-order valence-electron chi connectivity index (χ0n) is 11.8. The van der Waals surface area contributed by atoms with E-state index in [1.54, 1.807) is 0 Å². The topological polar surface area (TPSA) is 18.5 Å². The van der Waals surface area contributed by atoms with Crippen LogP contribution < -0.4 is 10.2 Å². The third kappa shape index (κ3) is 3.24. The second-order valence-electron chi connectivity index (χ2n) is 5.27. The number of likely N-dealkylation sites (N-methyl/N-ethyl adjacent to an activating group) is 1. The van der Waals surface area contributed by atoms with Crippen LogP contribution in [0.4, 0.5) is 5.69 Å². The molecule has 1 aromatic carbocycles. The summed E-state index contributed by atoms with van der Waals surface area (Å²) in [4.78, 5) is 5.08. The molecular weight excluding hydrogens is 222 g/mol. The summed E-state index contributed by atoms with van der Waals surface area (Å²) < 4.78 is 0. The molecule has 1 saturated heterocycles. The minimum Gasteiger partial charge on any atom is -0.369 e. The van der Waals surface area contributed by atoms with Gasteiger partial charge in [0.15, 0.2) is 0 Å². The summed E-state index contributed by atoms with van der Waals surface area (Å²) >= 11 is 0. The maximum atomic E-state index is 3.23. The first-order chi connectivity index (χ1) is 8.70. The van der Waals surface area contributed by atoms with Gasteiger partial charge in [-0.2, -0.15) is 0 Å². The van der Waals surface area contributed by atoms with Crippen molar-refractivity contribution >= 4 is 5.69 Å². The Labute approximate surface area is 111 Å². The molecule has 1 N–H and O–H groups in total. The van der Waals surface area contributed by atoms with Crippen LogP contribution in [0, 0.1) is 6.92 Å². The fourth-order valence-electron chi connectivity index (χ4n) is 2.64. The molecule has 100 valence electrons. The van der Waals surface area contributed by atoms with E-state index in [1.165, 1.54) is 11.3 Å². The molecule has 0 bridgehead atoms. The molecule has 1 aliphatic rings. The van der Waals surface area contributed by atoms with Crippen molar-refractivity contribution in [3.05, 3.63) is 29.8 Å². The van der Waals surface area contributed by atoms with Crippen molar-refractivity contribution in [1.82, 2.24) is 10.2 Å². The van der Waals surface area contributed by atoms with Crippen molar-refractivity contribution in [2.24, 2.45) is 0 Å². The van der Waals surface area contributed by atoms with Crippen molar-refractivity contribution in [3.8, 4) is 0 Å². The van der Waals surface area contributed by atoms with Crippen LogP contribution in [-0.4, -0.2) is 50.7 Å². The third-order valence-corrected chi connectivity index (χ3v) is 3.78. The van der Waals surface area contributed by atoms with E-state index in [0.717, 1.165) is 32.7 Å². The number of rotatable bonds is 4. The molecule has 0 radical (unpaired) electrons. The summed E-state index contributed by atoms with van der Waals surface area (Å²) in [6.45, 7) is 10.2. The van der Waals surface area contributed by atoms with Crippen LogP contribution in [0.1, 0.15) is 12.5 Å². The van der Waals surface area contributed by atoms with Gasteiger partial charge in [0, 0.05) is 44.5 Å². The van der Waals surface area contributed by atoms with E-state index < -0.39 is 0 Å². The van der Waals surface area contributed by atoms with Gasteiger partial charge in [-0.25, -0.2) is 0 Å². The lowest BCUT2D eigenvalue weighted by Crippen LogP contribution is -2.53. The van der Waals surface area contributed by atoms with Gasteiger partial charge >= 0.3 is 0 Å². The predicted octanol–water partition coefficient (Wildman–Crippen LogP) is 1.72. The van der Waals surface area contributed by atoms with Gasteiger partial charge in [0.1, 0.15) is 0 Å². The molecule has 0 saturated carbocycles. The molecule has 0 spiro atoms. The highest BCUT2D eigenvalue weighted by Crippen LogP contribution is 2.19. The van der Waals surface area contributed by atoms with Crippen LogP contribution in [0.5, 0.6) is 0 Å². The van der Waals surface area contributed by atoms with Crippen molar-refractivity contribution in [2.45, 2.75) is 19.9 Å². The highest BCUT2D eigenvalue weighted by Gasteiger charge is 2.23. The van der Waals surface area contributed by atoms with Gasteiger partial charge in [-0.1, -0.05) is 12.1 Å². The van der Waals surface area contributed by atoms with Crippen molar-refractivity contribution in [3.63, 3.8) is 0 Å². The van der Waals surface area contributed by atoms with Crippen molar-refractivity contribution in [1.29, 1.82) is 0 Å². The standard InChI is InChI=1S/C15H25N3/c1-13-5-4-6-15(11-13)18-10-9-17(8-7-16-3)14(2)12-18/h4-6,11,14,16H,7-10,12H2,1-3H3. The molecule has 1 heterocycles. The number of benzene rings is 1. The minimum atomic E-state index is 0.632. The molecule has 18 heavy (non-hydrogen) atoms. The number of hydrogen-bond acceptors (Lipinski definition) is 3. The molecule has 0 amide bonds. The molecular formula is C15H25N3. The van der Waals surface area contributed by atoms with E-state index in [1.807, 2.05) is 7.05 Å². The second-order valence-corrected chi connectivity index (χ2v) is 5.27. The van der Waals surface area contributed by atoms with E-state index in [9.17, 15) is 0 Å². The van der Waals surface area contributed by atoms with Crippen LogP contribution in [0.2, 0.25) is 0 Å². The highest BCUT2D eigenvalue weighted by atomic mass is 15.3. The van der Waals surface area contributed by atoms with Crippen molar-refractivity contribution in [2.75, 3.05) is 44.7 Å². The van der Waals surface area contributed by atoms with Gasteiger partial charge in [-0.15, -0.1) is 0 Å². The fourth-order valence-corrected chi connectivity index (χ4v) is 2.64. The van der Waals surface area contributed by atoms with Crippen LogP contribution in [0.25, 0.3) is 0 Å². The Morgan fingerprint density at radius 1 is 1.33 bits per heavy atom. The average Bonchev–Trinajstić information content (AvgIpc) is 2.37. The SMILES string of the molecule is CNCCN1CCN(c2cccc(C)c2)CC1C. The van der Waals surface area contributed by atoms with Crippen LogP contribution in [0.15, 0.2) is 24.3 Å². The molecule has 1 fully saturated rings. The number of aryl methyl sites for hydroxylation is 1. The predicted molar refractivity (Wildman–Crippen MR) is 78.4 cm³/mol. The van der Waals surface area contributed by atoms with E-state index in [2.05, 4.69) is 53.2 Å². The number of nitrogens with one attached hydrogen (secondary N) is 1. The number of piperazine rings is 1. The van der Waals surface area contributed by atoms with E-state index in [-0.39, 0.29) is 0 Å². The molecule has 1 aliphatic heterocycles. The van der Waals surface area contributed by atoms with Crippen LogP contribution in [-0.2, 0) is 0 Å². The van der Waals surface area contributed by atoms with Gasteiger partial charge in [0.05, 0.1) is 0 Å². The Kier molecular flexibility index (Phi) is 4.61. The molecule has 1 unspecified atom stereocenters. The lowest BCUT2D eigenvalue weighted by molar-refractivity contribution is 0.191. The molecule has 3 heteroatoms. The zero-order valence-corrected chi connectivity index (χ0v) is 11.8. The Hall–Kier alpha value is -1.06. The lowest BCUT2D eigenvalue weighted by Gasteiger charge is -2.41. The molecule has 1 atom stereocenters. The fraction of sp³-hybridized carbons (Fsp3) is 0.600. The average molecular weight is 247 g/mol. The normalized spacial score (nSPS) is 21.3. The van der Waals surface area contributed by atoms with Crippen LogP contribution >= 0.6 is 0 Å². The Bertz CT molecular complexity index is 378. The van der Waals surface area contributed by atoms with Gasteiger partial charge in [0.25, 0.3) is 0 Å². The molecule has 2 rings (SSSR count). The monoisotopic (exact) mass is 247 g/mol. The van der Waals surface area contributed by atoms with E-state index in [4.69, 9.17) is 0 Å². The van der Waals surface area contributed by atoms with E-state index in [0.29, 0.717) is 6.04 Å². The van der Waals surface area contributed by atoms with Crippen molar-refractivity contribution < 1.29 is 0 Å². The zero-order chi connectivity index (χ0) is 13.0. The van der Waals surface area contributed by atoms with Crippen LogP contribution in [0.3, 0.4) is 0 Å². The Morgan fingerprint density at radius 3 is 2.83 bits per heavy atom. The Morgan fingerprint density at radius 2 is 2.17 bits per heavy atom. The Balaban J connectivity index is 1.95. The summed E-state index contributed by atoms with van der Waals surface area (Å²) in [5, 5.41) is 3.23. The number of anilines is 1. The van der Waals surface area contributed by atoms with Gasteiger partial charge in [-0.05, 0) is 38.6 Å². The maximum absolute atomic E-state index is 3.23. The quantitative estimate of drug-likeness (QED) is 0.874. The molecule has 0 aromatic heterocycles. The number of hydrogen-bond donors (Lipinski definition) is 1. The summed E-state index contributed by atoms with van der Waals surface area (Å²) in [5.41, 5.74) is 2.72.